The number of hydrogen-bond donors (Lipinski definition) is 1. The van der Waals surface area contributed by atoms with Crippen LogP contribution in [0.25, 0.3) is 11.1 Å². The Balaban J connectivity index is 1.77. The Hall–Kier alpha value is -3.35. The summed E-state index contributed by atoms with van der Waals surface area (Å²) in [5, 5.41) is 13.9. The Labute approximate surface area is 182 Å². The second kappa shape index (κ2) is 11.2. The van der Waals surface area contributed by atoms with E-state index >= 15 is 0 Å². The Morgan fingerprint density at radius 3 is 2.32 bits per heavy atom. The highest BCUT2D eigenvalue weighted by molar-refractivity contribution is 5.95. The van der Waals surface area contributed by atoms with Crippen molar-refractivity contribution in [3.63, 3.8) is 0 Å². The lowest BCUT2D eigenvalue weighted by Gasteiger charge is -2.09. The number of carboxylic acids is 1. The molecule has 164 valence electrons. The molecule has 0 spiro atoms. The van der Waals surface area contributed by atoms with Crippen LogP contribution in [0.5, 0.6) is 12.0 Å². The van der Waals surface area contributed by atoms with Gasteiger partial charge in [-0.2, -0.15) is 0 Å². The smallest absolute Gasteiger partial charge is 0.338 e. The number of hydrogen-bond acceptors (Lipinski definition) is 5. The molecule has 31 heavy (non-hydrogen) atoms. The SMILES string of the molecule is CCCCOc1nc(OCCCC)n(Cc2ccc(-c3ccccc3C(=O)O)cc2)n1. The third-order valence-electron chi connectivity index (χ3n) is 4.83. The van der Waals surface area contributed by atoms with Crippen LogP contribution in [0, 0.1) is 0 Å². The zero-order valence-electron chi connectivity index (χ0n) is 18.1. The van der Waals surface area contributed by atoms with Crippen LogP contribution in [0.15, 0.2) is 48.5 Å². The lowest BCUT2D eigenvalue weighted by Crippen LogP contribution is -2.08. The quantitative estimate of drug-likeness (QED) is 0.410. The van der Waals surface area contributed by atoms with Gasteiger partial charge in [0.15, 0.2) is 0 Å². The van der Waals surface area contributed by atoms with Gasteiger partial charge in [0.1, 0.15) is 0 Å². The number of benzene rings is 2. The average molecular weight is 424 g/mol. The van der Waals surface area contributed by atoms with Crippen molar-refractivity contribution >= 4 is 5.97 Å². The van der Waals surface area contributed by atoms with Crippen molar-refractivity contribution in [1.82, 2.24) is 14.8 Å². The number of aromatic nitrogens is 3. The highest BCUT2D eigenvalue weighted by Crippen LogP contribution is 2.25. The molecule has 0 unspecified atom stereocenters. The van der Waals surface area contributed by atoms with E-state index < -0.39 is 5.97 Å². The molecule has 3 aromatic rings. The van der Waals surface area contributed by atoms with Crippen LogP contribution < -0.4 is 9.47 Å². The summed E-state index contributed by atoms with van der Waals surface area (Å²) in [4.78, 5) is 15.9. The van der Waals surface area contributed by atoms with E-state index in [4.69, 9.17) is 9.47 Å². The summed E-state index contributed by atoms with van der Waals surface area (Å²) in [7, 11) is 0. The van der Waals surface area contributed by atoms with E-state index in [1.165, 1.54) is 0 Å². The van der Waals surface area contributed by atoms with Crippen LogP contribution in [0.3, 0.4) is 0 Å². The van der Waals surface area contributed by atoms with Gasteiger partial charge in [-0.3, -0.25) is 0 Å². The largest absolute Gasteiger partial charge is 0.478 e. The molecule has 1 N–H and O–H groups in total. The molecule has 3 rings (SSSR count). The molecule has 7 heteroatoms. The molecule has 7 nitrogen and oxygen atoms in total. The maximum atomic E-state index is 11.5. The van der Waals surface area contributed by atoms with E-state index in [9.17, 15) is 9.90 Å². The molecule has 0 atom stereocenters. The summed E-state index contributed by atoms with van der Waals surface area (Å²) in [5.41, 5.74) is 2.83. The fraction of sp³-hybridized carbons (Fsp3) is 0.375. The van der Waals surface area contributed by atoms with E-state index in [0.29, 0.717) is 37.3 Å². The van der Waals surface area contributed by atoms with E-state index in [-0.39, 0.29) is 5.56 Å². The minimum Gasteiger partial charge on any atom is -0.478 e. The predicted molar refractivity (Wildman–Crippen MR) is 119 cm³/mol. The third-order valence-corrected chi connectivity index (χ3v) is 4.83. The van der Waals surface area contributed by atoms with Crippen LogP contribution in [0.2, 0.25) is 0 Å². The first-order valence-electron chi connectivity index (χ1n) is 10.7. The molecule has 0 saturated heterocycles. The standard InChI is InChI=1S/C24H29N3O4/c1-3-5-15-30-23-25-24(31-16-6-4-2)27(26-23)17-18-11-13-19(14-12-18)20-9-7-8-10-21(20)22(28)29/h7-14H,3-6,15-17H2,1-2H3,(H,28,29). The fourth-order valence-electron chi connectivity index (χ4n) is 3.08. The molecule has 1 heterocycles. The monoisotopic (exact) mass is 423 g/mol. The molecule has 0 aliphatic carbocycles. The molecule has 0 aliphatic rings. The third kappa shape index (κ3) is 6.07. The van der Waals surface area contributed by atoms with Crippen molar-refractivity contribution in [1.29, 1.82) is 0 Å². The van der Waals surface area contributed by atoms with E-state index in [1.54, 1.807) is 16.8 Å². The van der Waals surface area contributed by atoms with Crippen molar-refractivity contribution in [3.05, 3.63) is 59.7 Å². The Morgan fingerprint density at radius 2 is 1.65 bits per heavy atom. The van der Waals surface area contributed by atoms with Gasteiger partial charge in [0, 0.05) is 0 Å². The minimum atomic E-state index is -0.938. The van der Waals surface area contributed by atoms with Crippen LogP contribution in [-0.2, 0) is 6.54 Å². The molecule has 0 bridgehead atoms. The maximum Gasteiger partial charge on any atom is 0.338 e. The zero-order valence-corrected chi connectivity index (χ0v) is 18.1. The molecule has 0 saturated carbocycles. The lowest BCUT2D eigenvalue weighted by molar-refractivity contribution is 0.0697. The van der Waals surface area contributed by atoms with Gasteiger partial charge < -0.3 is 14.6 Å². The molecular formula is C24H29N3O4. The maximum absolute atomic E-state index is 11.5. The highest BCUT2D eigenvalue weighted by atomic mass is 16.5. The summed E-state index contributed by atoms with van der Waals surface area (Å²) in [6.07, 6.45) is 3.96. The van der Waals surface area contributed by atoms with E-state index in [2.05, 4.69) is 23.9 Å². The number of nitrogens with zero attached hydrogens (tertiary/aromatic N) is 3. The van der Waals surface area contributed by atoms with Gasteiger partial charge >= 0.3 is 18.0 Å². The van der Waals surface area contributed by atoms with Gasteiger partial charge in [0.05, 0.1) is 25.3 Å². The summed E-state index contributed by atoms with van der Waals surface area (Å²) >= 11 is 0. The molecule has 0 fully saturated rings. The number of ether oxygens (including phenoxy) is 2. The molecule has 0 aliphatic heterocycles. The van der Waals surface area contributed by atoms with Crippen LogP contribution in [0.1, 0.15) is 55.5 Å². The van der Waals surface area contributed by atoms with Crippen molar-refractivity contribution in [3.8, 4) is 23.1 Å². The first kappa shape index (κ1) is 22.3. The normalized spacial score (nSPS) is 10.8. The van der Waals surface area contributed by atoms with Crippen LogP contribution >= 0.6 is 0 Å². The van der Waals surface area contributed by atoms with Crippen LogP contribution in [0.4, 0.5) is 0 Å². The van der Waals surface area contributed by atoms with E-state index in [1.807, 2.05) is 36.4 Å². The fourth-order valence-corrected chi connectivity index (χ4v) is 3.08. The summed E-state index contributed by atoms with van der Waals surface area (Å²) in [6.45, 7) is 5.85. The number of carboxylic acid groups (broad SMARTS) is 1. The summed E-state index contributed by atoms with van der Waals surface area (Å²) in [5.74, 6) is -0.938. The Morgan fingerprint density at radius 1 is 0.968 bits per heavy atom. The minimum absolute atomic E-state index is 0.284. The first-order valence-corrected chi connectivity index (χ1v) is 10.7. The second-order valence-corrected chi connectivity index (χ2v) is 7.29. The Kier molecular flexibility index (Phi) is 8.04. The highest BCUT2D eigenvalue weighted by Gasteiger charge is 2.14. The van der Waals surface area contributed by atoms with Crippen molar-refractivity contribution < 1.29 is 19.4 Å². The van der Waals surface area contributed by atoms with Gasteiger partial charge in [0.2, 0.25) is 0 Å². The van der Waals surface area contributed by atoms with Gasteiger partial charge in [-0.15, -0.1) is 10.1 Å². The van der Waals surface area contributed by atoms with Crippen molar-refractivity contribution in [2.75, 3.05) is 13.2 Å². The van der Waals surface area contributed by atoms with E-state index in [0.717, 1.165) is 36.8 Å². The topological polar surface area (TPSA) is 86.5 Å². The second-order valence-electron chi connectivity index (χ2n) is 7.29. The lowest BCUT2D eigenvalue weighted by atomic mass is 9.99. The molecule has 0 amide bonds. The molecule has 1 aromatic heterocycles. The average Bonchev–Trinajstić information content (AvgIpc) is 3.16. The molecule has 2 aromatic carbocycles. The van der Waals surface area contributed by atoms with Gasteiger partial charge in [-0.05, 0) is 35.6 Å². The molecule has 0 radical (unpaired) electrons. The van der Waals surface area contributed by atoms with Crippen molar-refractivity contribution in [2.24, 2.45) is 0 Å². The summed E-state index contributed by atoms with van der Waals surface area (Å²) < 4.78 is 13.2. The number of aromatic carboxylic acids is 1. The number of rotatable bonds is 12. The zero-order chi connectivity index (χ0) is 22.1. The predicted octanol–water partition coefficient (Wildman–Crippen LogP) is 5.05. The van der Waals surface area contributed by atoms with Gasteiger partial charge in [-0.1, -0.05) is 69.2 Å². The summed E-state index contributed by atoms with van der Waals surface area (Å²) in [6, 6.07) is 15.5. The van der Waals surface area contributed by atoms with Gasteiger partial charge in [0.25, 0.3) is 0 Å². The van der Waals surface area contributed by atoms with Crippen LogP contribution in [-0.4, -0.2) is 39.1 Å². The molecular weight excluding hydrogens is 394 g/mol. The number of unbranched alkanes of at least 4 members (excludes halogenated alkanes) is 2. The Bertz CT molecular complexity index is 983. The number of carbonyl (C=O) groups is 1. The van der Waals surface area contributed by atoms with Crippen molar-refractivity contribution in [2.45, 2.75) is 46.1 Å². The van der Waals surface area contributed by atoms with Gasteiger partial charge in [-0.25, -0.2) is 9.48 Å². The first-order chi connectivity index (χ1) is 15.1.